The first-order chi connectivity index (χ1) is 3.70. The molecule has 42 valence electrons. The molecule has 2 amide bonds. The number of halogens is 2. The van der Waals surface area contributed by atoms with Gasteiger partial charge in [-0.15, -0.1) is 0 Å². The van der Waals surface area contributed by atoms with Crippen LogP contribution in [0.2, 0.25) is 0 Å². The van der Waals surface area contributed by atoms with Gasteiger partial charge in [-0.25, -0.2) is 4.79 Å². The second kappa shape index (κ2) is 1.74. The minimum Gasteiger partial charge on any atom is -0.244 e. The normalized spacial score (nSPS) is 18.5. The molecular weight excluding hydrogens is 179 g/mol. The summed E-state index contributed by atoms with van der Waals surface area (Å²) in [6, 6.07) is -0.797. The number of nitrogens with zero attached hydrogens (tertiary/aromatic N) is 2. The zero-order chi connectivity index (χ0) is 6.15. The van der Waals surface area contributed by atoms with E-state index in [9.17, 15) is 9.18 Å². The summed E-state index contributed by atoms with van der Waals surface area (Å²) in [6.07, 6.45) is 0. The highest BCUT2D eigenvalue weighted by atomic mass is 79.9. The molecule has 0 aromatic rings. The Morgan fingerprint density at radius 3 is 2.25 bits per heavy atom. The van der Waals surface area contributed by atoms with E-state index < -0.39 is 12.0 Å². The van der Waals surface area contributed by atoms with Gasteiger partial charge in [-0.1, -0.05) is 0 Å². The number of hydrogen-bond acceptors (Lipinski definition) is 1. The molecule has 0 atom stereocenters. The molecule has 0 unspecified atom stereocenters. The largest absolute Gasteiger partial charge is 0.371 e. The highest BCUT2D eigenvalue weighted by Gasteiger charge is 2.14. The van der Waals surface area contributed by atoms with Crippen LogP contribution >= 0.6 is 15.9 Å². The van der Waals surface area contributed by atoms with Crippen molar-refractivity contribution in [3.63, 3.8) is 0 Å². The number of urea groups is 1. The fraction of sp³-hybridized carbons (Fsp3) is 0. The van der Waals surface area contributed by atoms with Crippen molar-refractivity contribution in [1.82, 2.24) is 0 Å². The lowest BCUT2D eigenvalue weighted by Gasteiger charge is -1.73. The van der Waals surface area contributed by atoms with E-state index >= 15 is 0 Å². The number of amides is 2. The first kappa shape index (κ1) is 5.55. The van der Waals surface area contributed by atoms with Gasteiger partial charge < -0.3 is 0 Å². The Bertz CT molecular complexity index is 177. The Morgan fingerprint density at radius 1 is 1.50 bits per heavy atom. The van der Waals surface area contributed by atoms with Gasteiger partial charge in [-0.05, 0) is 15.9 Å². The van der Waals surface area contributed by atoms with Crippen molar-refractivity contribution in [3.05, 3.63) is 0 Å². The van der Waals surface area contributed by atoms with Crippen molar-refractivity contribution >= 4 is 32.5 Å². The molecule has 5 heteroatoms. The zero-order valence-corrected chi connectivity index (χ0v) is 5.14. The van der Waals surface area contributed by atoms with E-state index in [0.717, 1.165) is 0 Å². The summed E-state index contributed by atoms with van der Waals surface area (Å²) in [5, 5.41) is 0. The van der Waals surface area contributed by atoms with E-state index in [-0.39, 0.29) is 4.62 Å². The molecule has 1 aliphatic heterocycles. The van der Waals surface area contributed by atoms with Crippen LogP contribution in [0.15, 0.2) is 9.98 Å². The molecule has 0 aromatic heterocycles. The summed E-state index contributed by atoms with van der Waals surface area (Å²) >= 11 is 2.67. The maximum Gasteiger partial charge on any atom is 0.371 e. The van der Waals surface area contributed by atoms with E-state index in [4.69, 9.17) is 0 Å². The molecule has 0 fully saturated rings. The van der Waals surface area contributed by atoms with Gasteiger partial charge in [0.05, 0.1) is 0 Å². The van der Waals surface area contributed by atoms with E-state index in [2.05, 4.69) is 25.9 Å². The van der Waals surface area contributed by atoms with Crippen LogP contribution in [0.25, 0.3) is 0 Å². The number of aliphatic imine (C=N–C) groups is 2. The SMILES string of the molecule is O=C1N=C(F)C(Br)=N1. The van der Waals surface area contributed by atoms with Crippen molar-refractivity contribution in [2.75, 3.05) is 0 Å². The molecule has 8 heavy (non-hydrogen) atoms. The molecule has 0 spiro atoms. The van der Waals surface area contributed by atoms with Gasteiger partial charge in [0.15, 0.2) is 4.62 Å². The molecule has 1 rings (SSSR count). The van der Waals surface area contributed by atoms with Crippen LogP contribution in [-0.2, 0) is 0 Å². The fourth-order valence-corrected chi connectivity index (χ4v) is 0.526. The van der Waals surface area contributed by atoms with Crippen LogP contribution < -0.4 is 0 Å². The minimum atomic E-state index is -0.852. The standard InChI is InChI=1S/C3BrFN2O/c4-1-2(5)7-3(8)6-1. The fourth-order valence-electron chi connectivity index (χ4n) is 0.285. The third kappa shape index (κ3) is 0.812. The topological polar surface area (TPSA) is 41.8 Å². The molecule has 3 nitrogen and oxygen atoms in total. The number of hydrogen-bond donors (Lipinski definition) is 0. The first-order valence-corrected chi connectivity index (χ1v) is 2.52. The third-order valence-corrected chi connectivity index (χ3v) is 1.06. The van der Waals surface area contributed by atoms with E-state index in [1.54, 1.807) is 0 Å². The predicted molar refractivity (Wildman–Crippen MR) is 30.3 cm³/mol. The van der Waals surface area contributed by atoms with Crippen LogP contribution in [0.3, 0.4) is 0 Å². The molecule has 0 radical (unpaired) electrons. The van der Waals surface area contributed by atoms with Gasteiger partial charge in [-0.3, -0.25) is 0 Å². The lowest BCUT2D eigenvalue weighted by molar-refractivity contribution is 0.257. The van der Waals surface area contributed by atoms with Gasteiger partial charge in [0, 0.05) is 0 Å². The monoisotopic (exact) mass is 178 g/mol. The van der Waals surface area contributed by atoms with Crippen molar-refractivity contribution in [2.24, 2.45) is 9.98 Å². The highest BCUT2D eigenvalue weighted by molar-refractivity contribution is 9.19. The van der Waals surface area contributed by atoms with Crippen molar-refractivity contribution < 1.29 is 9.18 Å². The van der Waals surface area contributed by atoms with Crippen molar-refractivity contribution in [2.45, 2.75) is 0 Å². The van der Waals surface area contributed by atoms with Crippen LogP contribution in [0.1, 0.15) is 0 Å². The Balaban J connectivity index is 2.98. The maximum atomic E-state index is 11.9. The van der Waals surface area contributed by atoms with Crippen molar-refractivity contribution in [1.29, 1.82) is 0 Å². The van der Waals surface area contributed by atoms with Crippen LogP contribution in [0.5, 0.6) is 0 Å². The molecule has 1 heterocycles. The Kier molecular flexibility index (Phi) is 1.21. The van der Waals surface area contributed by atoms with Crippen LogP contribution in [-0.4, -0.2) is 16.6 Å². The highest BCUT2D eigenvalue weighted by Crippen LogP contribution is 2.04. The average Bonchev–Trinajstić information content (AvgIpc) is 1.85. The Hall–Kier alpha value is -0.580. The maximum absolute atomic E-state index is 11.9. The third-order valence-electron chi connectivity index (χ3n) is 0.558. The summed E-state index contributed by atoms with van der Waals surface area (Å²) in [5.74, 6) is -0.852. The molecule has 0 bridgehead atoms. The van der Waals surface area contributed by atoms with E-state index in [1.165, 1.54) is 0 Å². The Labute approximate surface area is 52.4 Å². The molecule has 0 aliphatic carbocycles. The molecular formula is C3BrFN2O. The number of rotatable bonds is 0. The zero-order valence-electron chi connectivity index (χ0n) is 3.56. The van der Waals surface area contributed by atoms with E-state index in [1.807, 2.05) is 0 Å². The number of carbonyl (C=O) groups excluding carboxylic acids is 1. The second-order valence-corrected chi connectivity index (χ2v) is 1.84. The summed E-state index contributed by atoms with van der Waals surface area (Å²) in [6.45, 7) is 0. The number of carbonyl (C=O) groups is 1. The quantitative estimate of drug-likeness (QED) is 0.552. The second-order valence-electron chi connectivity index (χ2n) is 1.09. The molecule has 0 aromatic carbocycles. The molecule has 0 N–H and O–H groups in total. The first-order valence-electron chi connectivity index (χ1n) is 1.73. The average molecular weight is 179 g/mol. The molecule has 1 aliphatic rings. The van der Waals surface area contributed by atoms with Gasteiger partial charge in [0.2, 0.25) is 0 Å². The summed E-state index contributed by atoms with van der Waals surface area (Å²) in [7, 11) is 0. The summed E-state index contributed by atoms with van der Waals surface area (Å²) in [5.41, 5.74) is 0. The van der Waals surface area contributed by atoms with Crippen LogP contribution in [0.4, 0.5) is 9.18 Å². The van der Waals surface area contributed by atoms with Crippen LogP contribution in [0, 0.1) is 0 Å². The smallest absolute Gasteiger partial charge is 0.244 e. The molecule has 0 saturated heterocycles. The summed E-state index contributed by atoms with van der Waals surface area (Å²) in [4.78, 5) is 15.9. The summed E-state index contributed by atoms with van der Waals surface area (Å²) < 4.78 is 11.8. The van der Waals surface area contributed by atoms with Gasteiger partial charge in [-0.2, -0.15) is 14.4 Å². The minimum absolute atomic E-state index is 0.123. The van der Waals surface area contributed by atoms with Gasteiger partial charge in [0.1, 0.15) is 0 Å². The van der Waals surface area contributed by atoms with Gasteiger partial charge >= 0.3 is 6.03 Å². The van der Waals surface area contributed by atoms with E-state index in [0.29, 0.717) is 0 Å². The Morgan fingerprint density at radius 2 is 2.12 bits per heavy atom. The molecule has 0 saturated carbocycles. The predicted octanol–water partition coefficient (Wildman–Crippen LogP) is 1.28. The van der Waals surface area contributed by atoms with Crippen molar-refractivity contribution in [3.8, 4) is 0 Å². The van der Waals surface area contributed by atoms with Gasteiger partial charge in [0.25, 0.3) is 5.97 Å². The lowest BCUT2D eigenvalue weighted by atomic mass is 10.8. The lowest BCUT2D eigenvalue weighted by Crippen LogP contribution is -1.91.